The van der Waals surface area contributed by atoms with Crippen LogP contribution in [0, 0.1) is 0 Å². The van der Waals surface area contributed by atoms with Crippen LogP contribution in [-0.2, 0) is 22.9 Å². The van der Waals surface area contributed by atoms with Gasteiger partial charge < -0.3 is 5.32 Å². The maximum absolute atomic E-state index is 11.3. The minimum absolute atomic E-state index is 0.214. The van der Waals surface area contributed by atoms with Gasteiger partial charge in [-0.2, -0.15) is 0 Å². The average molecular weight is 305 g/mol. The lowest BCUT2D eigenvalue weighted by molar-refractivity contribution is 0.597. The molecule has 0 aromatic heterocycles. The average Bonchev–Trinajstić information content (AvgIpc) is 2.64. The molecule has 1 aliphatic rings. The summed E-state index contributed by atoms with van der Waals surface area (Å²) in [6.45, 7) is 0.860. The van der Waals surface area contributed by atoms with Gasteiger partial charge in [-0.05, 0) is 36.1 Å². The Morgan fingerprint density at radius 3 is 2.81 bits per heavy atom. The number of anilines is 1. The largest absolute Gasteiger partial charge is 0.384 e. The highest BCUT2D eigenvalue weighted by molar-refractivity contribution is 9.09. The zero-order chi connectivity index (χ0) is 11.8. The second-order valence-electron chi connectivity index (χ2n) is 3.78. The second kappa shape index (κ2) is 4.35. The summed E-state index contributed by atoms with van der Waals surface area (Å²) in [4.78, 5) is 0.214. The van der Waals surface area contributed by atoms with E-state index in [0.29, 0.717) is 0 Å². The highest BCUT2D eigenvalue weighted by atomic mass is 79.9. The highest BCUT2D eigenvalue weighted by Crippen LogP contribution is 2.30. The van der Waals surface area contributed by atoms with Crippen LogP contribution >= 0.6 is 15.9 Å². The van der Waals surface area contributed by atoms with Crippen LogP contribution in [0.1, 0.15) is 11.1 Å². The van der Waals surface area contributed by atoms with Gasteiger partial charge in [0.05, 0.1) is 4.90 Å². The molecule has 0 radical (unpaired) electrons. The van der Waals surface area contributed by atoms with Crippen LogP contribution in [0.4, 0.5) is 5.69 Å². The maximum atomic E-state index is 11.3. The lowest BCUT2D eigenvalue weighted by atomic mass is 10.1. The molecule has 2 rings (SSSR count). The van der Waals surface area contributed by atoms with Crippen LogP contribution in [0.25, 0.3) is 0 Å². The molecule has 0 aliphatic carbocycles. The SMILES string of the molecule is NS(=O)(=O)c1cc(CCBr)c2c(c1)CCN2. The Hall–Kier alpha value is -0.590. The van der Waals surface area contributed by atoms with Crippen LogP contribution in [0.5, 0.6) is 0 Å². The number of fused-ring (bicyclic) bond motifs is 1. The number of hydrogen-bond donors (Lipinski definition) is 2. The fourth-order valence-electron chi connectivity index (χ4n) is 1.95. The fraction of sp³-hybridized carbons (Fsp3) is 0.400. The van der Waals surface area contributed by atoms with Gasteiger partial charge >= 0.3 is 0 Å². The van der Waals surface area contributed by atoms with Crippen molar-refractivity contribution in [2.75, 3.05) is 17.2 Å². The molecule has 3 N–H and O–H groups in total. The summed E-state index contributed by atoms with van der Waals surface area (Å²) in [5, 5.41) is 9.23. The molecule has 1 aromatic carbocycles. The Morgan fingerprint density at radius 2 is 2.19 bits per heavy atom. The van der Waals surface area contributed by atoms with Crippen molar-refractivity contribution in [3.05, 3.63) is 23.3 Å². The van der Waals surface area contributed by atoms with Crippen molar-refractivity contribution < 1.29 is 8.42 Å². The Bertz CT molecular complexity index is 514. The normalized spacial score (nSPS) is 14.6. The van der Waals surface area contributed by atoms with Gasteiger partial charge in [-0.25, -0.2) is 13.6 Å². The van der Waals surface area contributed by atoms with E-state index in [2.05, 4.69) is 21.2 Å². The first-order valence-corrected chi connectivity index (χ1v) is 7.67. The number of halogens is 1. The van der Waals surface area contributed by atoms with Crippen LogP contribution in [-0.4, -0.2) is 20.3 Å². The van der Waals surface area contributed by atoms with E-state index in [1.165, 1.54) is 0 Å². The summed E-state index contributed by atoms with van der Waals surface area (Å²) in [6, 6.07) is 3.33. The number of nitrogens with two attached hydrogens (primary N) is 1. The molecule has 0 amide bonds. The quantitative estimate of drug-likeness (QED) is 0.825. The Kier molecular flexibility index (Phi) is 3.23. The molecule has 0 atom stereocenters. The molecule has 0 bridgehead atoms. The predicted molar refractivity (Wildman–Crippen MR) is 67.5 cm³/mol. The van der Waals surface area contributed by atoms with E-state index in [4.69, 9.17) is 5.14 Å². The summed E-state index contributed by atoms with van der Waals surface area (Å²) in [5.41, 5.74) is 3.13. The van der Waals surface area contributed by atoms with Gasteiger partial charge in [0.2, 0.25) is 10.0 Å². The lowest BCUT2D eigenvalue weighted by Gasteiger charge is -2.10. The Balaban J connectivity index is 2.56. The van der Waals surface area contributed by atoms with Crippen molar-refractivity contribution in [1.82, 2.24) is 0 Å². The molecule has 0 saturated carbocycles. The number of primary sulfonamides is 1. The number of aryl methyl sites for hydroxylation is 1. The molecule has 0 unspecified atom stereocenters. The molecule has 1 aliphatic heterocycles. The zero-order valence-electron chi connectivity index (χ0n) is 8.66. The smallest absolute Gasteiger partial charge is 0.238 e. The second-order valence-corrected chi connectivity index (χ2v) is 6.13. The molecule has 88 valence electrons. The summed E-state index contributed by atoms with van der Waals surface area (Å²) < 4.78 is 22.7. The van der Waals surface area contributed by atoms with Gasteiger partial charge in [0.15, 0.2) is 0 Å². The van der Waals surface area contributed by atoms with E-state index in [9.17, 15) is 8.42 Å². The molecule has 16 heavy (non-hydrogen) atoms. The number of alkyl halides is 1. The van der Waals surface area contributed by atoms with Gasteiger partial charge in [-0.3, -0.25) is 0 Å². The number of hydrogen-bond acceptors (Lipinski definition) is 3. The summed E-state index contributed by atoms with van der Waals surface area (Å²) in [7, 11) is -3.61. The third-order valence-electron chi connectivity index (χ3n) is 2.66. The van der Waals surface area contributed by atoms with E-state index < -0.39 is 10.0 Å². The summed E-state index contributed by atoms with van der Waals surface area (Å²) in [6.07, 6.45) is 1.65. The third-order valence-corrected chi connectivity index (χ3v) is 3.95. The third kappa shape index (κ3) is 2.23. The van der Waals surface area contributed by atoms with E-state index in [1.54, 1.807) is 12.1 Å². The molecule has 1 heterocycles. The van der Waals surface area contributed by atoms with Gasteiger partial charge in [-0.1, -0.05) is 15.9 Å². The Morgan fingerprint density at radius 1 is 1.44 bits per heavy atom. The van der Waals surface area contributed by atoms with Crippen LogP contribution in [0.3, 0.4) is 0 Å². The molecular weight excluding hydrogens is 292 g/mol. The molecule has 0 saturated heterocycles. The summed E-state index contributed by atoms with van der Waals surface area (Å²) in [5.74, 6) is 0. The van der Waals surface area contributed by atoms with Crippen molar-refractivity contribution in [3.8, 4) is 0 Å². The molecule has 0 fully saturated rings. The monoisotopic (exact) mass is 304 g/mol. The minimum Gasteiger partial charge on any atom is -0.384 e. The van der Waals surface area contributed by atoms with Crippen molar-refractivity contribution in [2.24, 2.45) is 5.14 Å². The van der Waals surface area contributed by atoms with Crippen LogP contribution in [0.2, 0.25) is 0 Å². The van der Waals surface area contributed by atoms with Crippen molar-refractivity contribution >= 4 is 31.6 Å². The van der Waals surface area contributed by atoms with E-state index in [1.807, 2.05) is 0 Å². The molecule has 4 nitrogen and oxygen atoms in total. The van der Waals surface area contributed by atoms with Crippen molar-refractivity contribution in [1.29, 1.82) is 0 Å². The van der Waals surface area contributed by atoms with Crippen molar-refractivity contribution in [3.63, 3.8) is 0 Å². The van der Waals surface area contributed by atoms with Gasteiger partial charge in [0.25, 0.3) is 0 Å². The van der Waals surface area contributed by atoms with E-state index in [0.717, 1.165) is 41.5 Å². The first-order chi connectivity index (χ1) is 7.52. The number of rotatable bonds is 3. The lowest BCUT2D eigenvalue weighted by Crippen LogP contribution is -2.13. The summed E-state index contributed by atoms with van der Waals surface area (Å²) >= 11 is 3.36. The first-order valence-electron chi connectivity index (χ1n) is 5.01. The number of benzene rings is 1. The first kappa shape index (κ1) is 11.9. The fourth-order valence-corrected chi connectivity index (χ4v) is 2.99. The topological polar surface area (TPSA) is 72.2 Å². The minimum atomic E-state index is -3.61. The van der Waals surface area contributed by atoms with Crippen LogP contribution in [0.15, 0.2) is 17.0 Å². The number of sulfonamides is 1. The molecule has 0 spiro atoms. The van der Waals surface area contributed by atoms with Crippen molar-refractivity contribution in [2.45, 2.75) is 17.7 Å². The standard InChI is InChI=1S/C10H13BrN2O2S/c11-3-1-7-5-9(16(12,14)15)6-8-2-4-13-10(7)8/h5-6,13H,1-4H2,(H2,12,14,15). The van der Waals surface area contributed by atoms with Gasteiger partial charge in [-0.15, -0.1) is 0 Å². The predicted octanol–water partition coefficient (Wildman–Crippen LogP) is 1.24. The molecular formula is C10H13BrN2O2S. The molecule has 6 heteroatoms. The van der Waals surface area contributed by atoms with Gasteiger partial charge in [0.1, 0.15) is 0 Å². The molecule has 1 aromatic rings. The maximum Gasteiger partial charge on any atom is 0.238 e. The zero-order valence-corrected chi connectivity index (χ0v) is 11.1. The highest BCUT2D eigenvalue weighted by Gasteiger charge is 2.19. The van der Waals surface area contributed by atoms with Gasteiger partial charge in [0, 0.05) is 17.6 Å². The van der Waals surface area contributed by atoms with E-state index in [-0.39, 0.29) is 4.90 Å². The number of nitrogens with one attached hydrogen (secondary N) is 1. The Labute approximate surface area is 103 Å². The van der Waals surface area contributed by atoms with Crippen LogP contribution < -0.4 is 10.5 Å². The van der Waals surface area contributed by atoms with E-state index >= 15 is 0 Å².